The topological polar surface area (TPSA) is 143 Å². The summed E-state index contributed by atoms with van der Waals surface area (Å²) in [4.78, 5) is 36.1. The maximum absolute atomic E-state index is 13.8. The Hall–Kier alpha value is -4.61. The minimum atomic E-state index is -1.69. The molecule has 2 amide bonds. The van der Waals surface area contributed by atoms with Crippen LogP contribution in [-0.4, -0.2) is 63.4 Å². The third-order valence-electron chi connectivity index (χ3n) is 8.99. The molecule has 3 heterocycles. The van der Waals surface area contributed by atoms with E-state index in [0.717, 1.165) is 18.2 Å². The quantitative estimate of drug-likeness (QED) is 0.208. The molecule has 10 nitrogen and oxygen atoms in total. The smallest absolute Gasteiger partial charge is 0.251 e. The fraction of sp³-hybridized carbons (Fsp3) is 0.371. The predicted molar refractivity (Wildman–Crippen MR) is 167 cm³/mol. The summed E-state index contributed by atoms with van der Waals surface area (Å²) in [5.41, 5.74) is -1.15. The highest BCUT2D eigenvalue weighted by atomic mass is 19.1. The molecule has 11 heteroatoms. The molecule has 0 radical (unpaired) electrons. The number of aromatic nitrogens is 2. The van der Waals surface area contributed by atoms with Crippen LogP contribution in [-0.2, 0) is 15.8 Å². The molecule has 0 saturated heterocycles. The van der Waals surface area contributed by atoms with Crippen LogP contribution in [0.2, 0.25) is 0 Å². The molecule has 0 unspecified atom stereocenters. The Bertz CT molecular complexity index is 1850. The second-order valence-corrected chi connectivity index (χ2v) is 13.1. The average molecular weight is 627 g/mol. The Kier molecular flexibility index (Phi) is 7.21. The Morgan fingerprint density at radius 3 is 2.61 bits per heavy atom. The van der Waals surface area contributed by atoms with Gasteiger partial charge in [0, 0.05) is 34.8 Å². The average Bonchev–Trinajstić information content (AvgIpc) is 3.98. The molecule has 2 fully saturated rings. The number of nitrogens with zero attached hydrogens (tertiary/aromatic N) is 2. The molecule has 2 aliphatic carbocycles. The fourth-order valence-corrected chi connectivity index (χ4v) is 5.60. The summed E-state index contributed by atoms with van der Waals surface area (Å²) in [6, 6.07) is 14.4. The lowest BCUT2D eigenvalue weighted by molar-refractivity contribution is -0.127. The van der Waals surface area contributed by atoms with Crippen LogP contribution < -0.4 is 20.1 Å². The number of ether oxygens (including phenoxy) is 2. The Labute approximate surface area is 265 Å². The number of amides is 2. The summed E-state index contributed by atoms with van der Waals surface area (Å²) in [7, 11) is 0. The van der Waals surface area contributed by atoms with Crippen LogP contribution in [0.15, 0.2) is 60.8 Å². The second-order valence-electron chi connectivity index (χ2n) is 13.1. The molecule has 1 aliphatic heterocycles. The predicted octanol–water partition coefficient (Wildman–Crippen LogP) is 3.91. The van der Waals surface area contributed by atoms with Crippen LogP contribution in [0.3, 0.4) is 0 Å². The lowest BCUT2D eigenvalue weighted by Gasteiger charge is -2.27. The van der Waals surface area contributed by atoms with Crippen molar-refractivity contribution in [3.8, 4) is 22.8 Å². The highest BCUT2D eigenvalue weighted by Crippen LogP contribution is 2.46. The van der Waals surface area contributed by atoms with Gasteiger partial charge in [0.05, 0.1) is 23.9 Å². The van der Waals surface area contributed by atoms with E-state index in [0.29, 0.717) is 52.2 Å². The fourth-order valence-electron chi connectivity index (χ4n) is 5.60. The third kappa shape index (κ3) is 5.76. The largest absolute Gasteiger partial charge is 0.489 e. The minimum Gasteiger partial charge on any atom is -0.489 e. The summed E-state index contributed by atoms with van der Waals surface area (Å²) in [6.45, 7) is 3.18. The number of fused-ring (bicyclic) bond motifs is 2. The molecule has 2 atom stereocenters. The first-order valence-electron chi connectivity index (χ1n) is 15.5. The number of carbonyl (C=O) groups is 2. The van der Waals surface area contributed by atoms with Crippen LogP contribution in [0.1, 0.15) is 61.1 Å². The molecule has 2 aromatic heterocycles. The third-order valence-corrected chi connectivity index (χ3v) is 8.99. The van der Waals surface area contributed by atoms with Gasteiger partial charge in [0.2, 0.25) is 5.91 Å². The molecular formula is C35H35FN4O6. The van der Waals surface area contributed by atoms with Gasteiger partial charge >= 0.3 is 0 Å². The van der Waals surface area contributed by atoms with Gasteiger partial charge in [0.15, 0.2) is 0 Å². The number of carbonyl (C=O) groups excluding carboxylic acids is 2. The highest BCUT2D eigenvalue weighted by molar-refractivity contribution is 6.00. The first-order chi connectivity index (χ1) is 21.9. The summed E-state index contributed by atoms with van der Waals surface area (Å²) in [5.74, 6) is -0.294. The molecule has 2 aromatic carbocycles. The van der Waals surface area contributed by atoms with Gasteiger partial charge in [0.1, 0.15) is 46.1 Å². The maximum atomic E-state index is 13.8. The van der Waals surface area contributed by atoms with E-state index >= 15 is 0 Å². The van der Waals surface area contributed by atoms with Gasteiger partial charge in [-0.3, -0.25) is 14.6 Å². The van der Waals surface area contributed by atoms with Crippen molar-refractivity contribution >= 4 is 22.7 Å². The van der Waals surface area contributed by atoms with E-state index in [-0.39, 0.29) is 37.4 Å². The van der Waals surface area contributed by atoms with Crippen LogP contribution >= 0.6 is 0 Å². The van der Waals surface area contributed by atoms with Crippen molar-refractivity contribution in [1.82, 2.24) is 20.6 Å². The normalized spacial score (nSPS) is 20.7. The van der Waals surface area contributed by atoms with Crippen molar-refractivity contribution in [3.05, 3.63) is 83.4 Å². The minimum absolute atomic E-state index is 0.00683. The van der Waals surface area contributed by atoms with Gasteiger partial charge in [-0.05, 0) is 88.1 Å². The van der Waals surface area contributed by atoms with Crippen molar-refractivity contribution in [1.29, 1.82) is 0 Å². The van der Waals surface area contributed by atoms with E-state index in [9.17, 15) is 24.2 Å². The number of hydrogen-bond donors (Lipinski definition) is 4. The van der Waals surface area contributed by atoms with Crippen LogP contribution in [0.5, 0.6) is 11.5 Å². The van der Waals surface area contributed by atoms with E-state index in [1.54, 1.807) is 49.5 Å². The second kappa shape index (κ2) is 11.0. The number of hydrogen-bond acceptors (Lipinski definition) is 8. The molecule has 0 spiro atoms. The Morgan fingerprint density at radius 2 is 1.89 bits per heavy atom. The number of nitrogens with one attached hydrogen (secondary N) is 2. The van der Waals surface area contributed by atoms with E-state index in [2.05, 4.69) is 15.6 Å². The van der Waals surface area contributed by atoms with E-state index in [1.807, 2.05) is 6.07 Å². The Morgan fingerprint density at radius 1 is 1.13 bits per heavy atom. The van der Waals surface area contributed by atoms with Gasteiger partial charge in [-0.2, -0.15) is 0 Å². The first-order valence-corrected chi connectivity index (χ1v) is 15.5. The van der Waals surface area contributed by atoms with Gasteiger partial charge < -0.3 is 30.3 Å². The summed E-state index contributed by atoms with van der Waals surface area (Å²) >= 11 is 0. The highest BCUT2D eigenvalue weighted by Gasteiger charge is 2.48. The molecule has 7 rings (SSSR count). The molecular weight excluding hydrogens is 591 g/mol. The van der Waals surface area contributed by atoms with Gasteiger partial charge in [0.25, 0.3) is 5.91 Å². The number of aliphatic hydroxyl groups is 2. The lowest BCUT2D eigenvalue weighted by Crippen LogP contribution is -2.46. The summed E-state index contributed by atoms with van der Waals surface area (Å²) in [6.07, 6.45) is 4.95. The summed E-state index contributed by atoms with van der Waals surface area (Å²) < 4.78 is 25.9. The molecule has 46 heavy (non-hydrogen) atoms. The molecule has 4 aromatic rings. The van der Waals surface area contributed by atoms with Crippen molar-refractivity contribution in [2.24, 2.45) is 0 Å². The van der Waals surface area contributed by atoms with Crippen molar-refractivity contribution in [3.63, 3.8) is 0 Å². The van der Waals surface area contributed by atoms with E-state index in [1.165, 1.54) is 19.1 Å². The number of pyridine rings is 2. The molecule has 2 saturated carbocycles. The number of benzene rings is 2. The lowest BCUT2D eigenvalue weighted by atomic mass is 9.81. The SMILES string of the molecule is C[C@](O)(CNC(=O)c1cc(OC2CC2)c2ncccc2c1)c1cc2c(c(-c3ccc(F)cc3)n1)OC[C@]2(C)C(=O)NCC1(O)CC1. The molecule has 3 aliphatic rings. The van der Waals surface area contributed by atoms with Crippen molar-refractivity contribution in [2.75, 3.05) is 19.7 Å². The molecule has 238 valence electrons. The molecule has 4 N–H and O–H groups in total. The number of rotatable bonds is 10. The zero-order valence-electron chi connectivity index (χ0n) is 25.6. The van der Waals surface area contributed by atoms with Gasteiger partial charge in [-0.15, -0.1) is 0 Å². The van der Waals surface area contributed by atoms with E-state index in [4.69, 9.17) is 14.5 Å². The monoisotopic (exact) mass is 626 g/mol. The Balaban J connectivity index is 1.19. The van der Waals surface area contributed by atoms with Crippen molar-refractivity contribution in [2.45, 2.75) is 62.3 Å². The maximum Gasteiger partial charge on any atom is 0.251 e. The van der Waals surface area contributed by atoms with E-state index < -0.39 is 28.3 Å². The molecule has 0 bridgehead atoms. The first kappa shape index (κ1) is 30.1. The van der Waals surface area contributed by atoms with Crippen LogP contribution in [0, 0.1) is 5.82 Å². The van der Waals surface area contributed by atoms with Crippen molar-refractivity contribution < 1.29 is 33.7 Å². The van der Waals surface area contributed by atoms with Gasteiger partial charge in [-0.25, -0.2) is 9.37 Å². The standard InChI is InChI=1S/C35H35FN4O6/c1-33(32(42)39-18-35(44)11-12-35)19-45-30-25(33)16-27(40-29(30)20-5-7-23(36)8-6-20)34(2,43)17-38-31(41)22-14-21-4-3-13-37-28(21)26(15-22)46-24-9-10-24/h3-8,13-16,24,43-44H,9-12,17-19H2,1-2H3,(H,38,41)(H,39,42)/t33-,34-/m0/s1. The van der Waals surface area contributed by atoms with Crippen LogP contribution in [0.4, 0.5) is 4.39 Å². The van der Waals surface area contributed by atoms with Crippen LogP contribution in [0.25, 0.3) is 22.2 Å². The zero-order valence-corrected chi connectivity index (χ0v) is 25.6. The summed E-state index contributed by atoms with van der Waals surface area (Å²) in [5, 5.41) is 28.5. The zero-order chi connectivity index (χ0) is 32.3. The number of halogens is 1. The van der Waals surface area contributed by atoms with Gasteiger partial charge in [-0.1, -0.05) is 6.07 Å².